The third-order valence-corrected chi connectivity index (χ3v) is 3.83. The van der Waals surface area contributed by atoms with Crippen LogP contribution in [0.3, 0.4) is 0 Å². The fourth-order valence-electron chi connectivity index (χ4n) is 3.12. The van der Waals surface area contributed by atoms with E-state index in [1.54, 1.807) is 0 Å². The monoisotopic (exact) mass is 301 g/mol. The number of hydrogen-bond donors (Lipinski definition) is 1. The van der Waals surface area contributed by atoms with E-state index in [4.69, 9.17) is 14.2 Å². The third kappa shape index (κ3) is 5.57. The fourth-order valence-corrected chi connectivity index (χ4v) is 3.12. The van der Waals surface area contributed by atoms with Crippen LogP contribution in [0, 0.1) is 0 Å². The lowest BCUT2D eigenvalue weighted by molar-refractivity contribution is -0.155. The van der Waals surface area contributed by atoms with Crippen LogP contribution in [0.5, 0.6) is 0 Å². The highest BCUT2D eigenvalue weighted by molar-refractivity contribution is 5.81. The zero-order valence-electron chi connectivity index (χ0n) is 14.1. The first-order chi connectivity index (χ1) is 9.93. The minimum atomic E-state index is -0.614. The second-order valence-corrected chi connectivity index (χ2v) is 6.20. The normalized spacial score (nSPS) is 27.6. The molecule has 21 heavy (non-hydrogen) atoms. The molecule has 0 radical (unpaired) electrons. The molecule has 1 aliphatic carbocycles. The number of esters is 1. The second kappa shape index (κ2) is 8.71. The average Bonchev–Trinajstić information content (AvgIpc) is 2.43. The Balaban J connectivity index is 2.67. The van der Waals surface area contributed by atoms with Crippen LogP contribution in [0.25, 0.3) is 0 Å². The van der Waals surface area contributed by atoms with Crippen LogP contribution in [0.4, 0.5) is 0 Å². The predicted octanol–water partition coefficient (Wildman–Crippen LogP) is 2.28. The average molecular weight is 301 g/mol. The van der Waals surface area contributed by atoms with Crippen LogP contribution >= 0.6 is 0 Å². The number of carbonyl (C=O) groups excluding carboxylic acids is 1. The van der Waals surface area contributed by atoms with Gasteiger partial charge in [-0.2, -0.15) is 0 Å². The number of rotatable bonds is 8. The molecule has 0 bridgehead atoms. The molecule has 0 heterocycles. The molecule has 1 fully saturated rings. The molecule has 0 aromatic heterocycles. The molecule has 5 nitrogen and oxygen atoms in total. The maximum atomic E-state index is 12.3. The van der Waals surface area contributed by atoms with Crippen LogP contribution in [-0.2, 0) is 19.0 Å². The van der Waals surface area contributed by atoms with Crippen molar-refractivity contribution in [1.29, 1.82) is 0 Å². The summed E-state index contributed by atoms with van der Waals surface area (Å²) < 4.78 is 16.5. The van der Waals surface area contributed by atoms with Crippen molar-refractivity contribution in [2.24, 2.45) is 0 Å². The minimum absolute atomic E-state index is 0.0439. The maximum Gasteiger partial charge on any atom is 0.326 e. The van der Waals surface area contributed by atoms with Gasteiger partial charge in [0.1, 0.15) is 5.54 Å². The highest BCUT2D eigenvalue weighted by Crippen LogP contribution is 2.32. The van der Waals surface area contributed by atoms with Gasteiger partial charge in [0, 0.05) is 19.1 Å². The third-order valence-electron chi connectivity index (χ3n) is 3.83. The van der Waals surface area contributed by atoms with Gasteiger partial charge in [0.25, 0.3) is 0 Å². The number of hydrogen-bond acceptors (Lipinski definition) is 5. The summed E-state index contributed by atoms with van der Waals surface area (Å²) in [5, 5.41) is 3.41. The molecular weight excluding hydrogens is 270 g/mol. The number of nitrogens with one attached hydrogen (secondary N) is 1. The van der Waals surface area contributed by atoms with E-state index in [0.717, 1.165) is 19.3 Å². The van der Waals surface area contributed by atoms with Gasteiger partial charge in [-0.05, 0) is 47.0 Å². The largest absolute Gasteiger partial charge is 0.468 e. The lowest BCUT2D eigenvalue weighted by atomic mass is 9.79. The van der Waals surface area contributed by atoms with E-state index in [1.165, 1.54) is 7.11 Å². The molecule has 1 saturated carbocycles. The number of carbonyl (C=O) groups is 1. The topological polar surface area (TPSA) is 56.8 Å². The highest BCUT2D eigenvalue weighted by atomic mass is 16.5. The van der Waals surface area contributed by atoms with E-state index in [2.05, 4.69) is 5.32 Å². The van der Waals surface area contributed by atoms with Gasteiger partial charge in [0.05, 0.1) is 25.9 Å². The van der Waals surface area contributed by atoms with Crippen molar-refractivity contribution in [3.8, 4) is 0 Å². The molecule has 0 aliphatic heterocycles. The summed E-state index contributed by atoms with van der Waals surface area (Å²) in [6, 6.07) is 0.226. The van der Waals surface area contributed by atoms with E-state index < -0.39 is 5.54 Å². The Morgan fingerprint density at radius 1 is 1.38 bits per heavy atom. The summed E-state index contributed by atoms with van der Waals surface area (Å²) in [4.78, 5) is 12.3. The number of ether oxygens (including phenoxy) is 3. The Bertz CT molecular complexity index is 321. The van der Waals surface area contributed by atoms with Crippen LogP contribution in [0.2, 0.25) is 0 Å². The fraction of sp³-hybridized carbons (Fsp3) is 0.938. The molecule has 124 valence electrons. The van der Waals surface area contributed by atoms with E-state index in [-0.39, 0.29) is 24.2 Å². The summed E-state index contributed by atoms with van der Waals surface area (Å²) in [7, 11) is 1.45. The first kappa shape index (κ1) is 18.4. The summed E-state index contributed by atoms with van der Waals surface area (Å²) in [5.74, 6) is -0.179. The Morgan fingerprint density at radius 3 is 2.67 bits per heavy atom. The van der Waals surface area contributed by atoms with Crippen molar-refractivity contribution >= 4 is 5.97 Å². The van der Waals surface area contributed by atoms with Gasteiger partial charge in [-0.15, -0.1) is 0 Å². The first-order valence-electron chi connectivity index (χ1n) is 8.02. The Labute approximate surface area is 128 Å². The molecule has 0 amide bonds. The Hall–Kier alpha value is -0.650. The van der Waals surface area contributed by atoms with Crippen molar-refractivity contribution in [2.45, 2.75) is 77.2 Å². The van der Waals surface area contributed by atoms with Crippen molar-refractivity contribution in [2.75, 3.05) is 20.3 Å². The van der Waals surface area contributed by atoms with Gasteiger partial charge in [0.2, 0.25) is 0 Å². The molecule has 0 saturated heterocycles. The lowest BCUT2D eigenvalue weighted by Crippen LogP contribution is -2.59. The van der Waals surface area contributed by atoms with Crippen molar-refractivity contribution in [3.63, 3.8) is 0 Å². The molecule has 3 unspecified atom stereocenters. The maximum absolute atomic E-state index is 12.3. The van der Waals surface area contributed by atoms with Gasteiger partial charge < -0.3 is 14.2 Å². The van der Waals surface area contributed by atoms with Crippen molar-refractivity contribution < 1.29 is 19.0 Å². The van der Waals surface area contributed by atoms with Gasteiger partial charge in [0.15, 0.2) is 0 Å². The SMILES string of the molecule is CCOCC(C)OC1CCCC(NC(C)C)(C(=O)OC)C1. The summed E-state index contributed by atoms with van der Waals surface area (Å²) in [5.41, 5.74) is -0.614. The molecule has 1 rings (SSSR count). The zero-order valence-corrected chi connectivity index (χ0v) is 14.1. The second-order valence-electron chi connectivity index (χ2n) is 6.20. The Morgan fingerprint density at radius 2 is 2.10 bits per heavy atom. The molecule has 5 heteroatoms. The van der Waals surface area contributed by atoms with Gasteiger partial charge in [-0.3, -0.25) is 10.1 Å². The zero-order chi connectivity index (χ0) is 15.9. The molecule has 0 aromatic rings. The quantitative estimate of drug-likeness (QED) is 0.697. The van der Waals surface area contributed by atoms with E-state index in [9.17, 15) is 4.79 Å². The van der Waals surface area contributed by atoms with Gasteiger partial charge in [-0.25, -0.2) is 0 Å². The minimum Gasteiger partial charge on any atom is -0.468 e. The summed E-state index contributed by atoms with van der Waals surface area (Å²) in [6.07, 6.45) is 3.52. The van der Waals surface area contributed by atoms with Gasteiger partial charge in [-0.1, -0.05) is 0 Å². The molecule has 1 aliphatic rings. The predicted molar refractivity (Wildman–Crippen MR) is 82.3 cm³/mol. The molecule has 0 aromatic carbocycles. The van der Waals surface area contributed by atoms with Gasteiger partial charge >= 0.3 is 5.97 Å². The molecule has 3 atom stereocenters. The standard InChI is InChI=1S/C16H31NO4/c1-6-20-11-13(4)21-14-8-7-9-16(10-14,15(18)19-5)17-12(2)3/h12-14,17H,6-11H2,1-5H3. The Kier molecular flexibility index (Phi) is 7.63. The highest BCUT2D eigenvalue weighted by Gasteiger charge is 2.44. The van der Waals surface area contributed by atoms with E-state index in [1.807, 2.05) is 27.7 Å². The van der Waals surface area contributed by atoms with Crippen molar-refractivity contribution in [1.82, 2.24) is 5.32 Å². The van der Waals surface area contributed by atoms with Crippen LogP contribution < -0.4 is 5.32 Å². The lowest BCUT2D eigenvalue weighted by Gasteiger charge is -2.41. The summed E-state index contributed by atoms with van der Waals surface area (Å²) in [6.45, 7) is 9.37. The molecule has 0 spiro atoms. The first-order valence-corrected chi connectivity index (χ1v) is 8.02. The van der Waals surface area contributed by atoms with E-state index in [0.29, 0.717) is 19.6 Å². The van der Waals surface area contributed by atoms with E-state index >= 15 is 0 Å². The molecular formula is C16H31NO4. The van der Waals surface area contributed by atoms with Crippen LogP contribution in [-0.4, -0.2) is 50.1 Å². The van der Waals surface area contributed by atoms with Crippen LogP contribution in [0.15, 0.2) is 0 Å². The van der Waals surface area contributed by atoms with Crippen LogP contribution in [0.1, 0.15) is 53.4 Å². The van der Waals surface area contributed by atoms with Crippen molar-refractivity contribution in [3.05, 3.63) is 0 Å². The summed E-state index contributed by atoms with van der Waals surface area (Å²) >= 11 is 0. The number of methoxy groups -OCH3 is 1. The molecule has 1 N–H and O–H groups in total. The smallest absolute Gasteiger partial charge is 0.326 e.